The molecule has 0 radical (unpaired) electrons. The summed E-state index contributed by atoms with van der Waals surface area (Å²) in [6.45, 7) is 0. The average Bonchev–Trinajstić information content (AvgIpc) is 2.89. The Hall–Kier alpha value is -1.96. The summed E-state index contributed by atoms with van der Waals surface area (Å²) in [6.07, 6.45) is 2.46. The summed E-state index contributed by atoms with van der Waals surface area (Å²) < 4.78 is 25.0. The second-order valence-corrected chi connectivity index (χ2v) is 6.80. The van der Waals surface area contributed by atoms with Gasteiger partial charge in [-0.15, -0.1) is 5.10 Å². The lowest BCUT2D eigenvalue weighted by atomic mass is 10.2. The number of aromatic carboxylic acids is 1. The lowest BCUT2D eigenvalue weighted by Crippen LogP contribution is -2.09. The van der Waals surface area contributed by atoms with Gasteiger partial charge in [-0.2, -0.15) is 0 Å². The maximum atomic E-state index is 11.8. The molecule has 3 rings (SSSR count). The van der Waals surface area contributed by atoms with E-state index in [1.54, 1.807) is 0 Å². The van der Waals surface area contributed by atoms with Crippen LogP contribution in [0.15, 0.2) is 18.3 Å². The van der Waals surface area contributed by atoms with E-state index < -0.39 is 21.1 Å². The number of rotatable bonds is 2. The van der Waals surface area contributed by atoms with Gasteiger partial charge in [-0.05, 0) is 25.0 Å². The summed E-state index contributed by atoms with van der Waals surface area (Å²) in [6, 6.07) is 2.93. The van der Waals surface area contributed by atoms with Crippen molar-refractivity contribution in [3.63, 3.8) is 0 Å². The van der Waals surface area contributed by atoms with Crippen molar-refractivity contribution < 1.29 is 18.3 Å². The molecule has 100 valence electrons. The van der Waals surface area contributed by atoms with E-state index in [2.05, 4.69) is 10.1 Å². The lowest BCUT2D eigenvalue weighted by molar-refractivity contribution is 0.0696. The van der Waals surface area contributed by atoms with Crippen LogP contribution >= 0.6 is 0 Å². The van der Waals surface area contributed by atoms with Crippen LogP contribution in [0.1, 0.15) is 34.3 Å². The number of hydrogen-bond acceptors (Lipinski definition) is 5. The van der Waals surface area contributed by atoms with Crippen molar-refractivity contribution in [2.75, 3.05) is 5.75 Å². The smallest absolute Gasteiger partial charge is 0.337 e. The van der Waals surface area contributed by atoms with Crippen LogP contribution in [0.25, 0.3) is 5.65 Å². The molecule has 1 saturated heterocycles. The van der Waals surface area contributed by atoms with Gasteiger partial charge in [-0.3, -0.25) is 0 Å². The van der Waals surface area contributed by atoms with Gasteiger partial charge in [-0.1, -0.05) is 0 Å². The molecule has 1 aliphatic rings. The van der Waals surface area contributed by atoms with Gasteiger partial charge in [0.05, 0.1) is 11.3 Å². The Morgan fingerprint density at radius 1 is 1.42 bits per heavy atom. The maximum Gasteiger partial charge on any atom is 0.337 e. The number of hydrogen-bond donors (Lipinski definition) is 1. The molecule has 1 aliphatic heterocycles. The Bertz CT molecular complexity index is 765. The molecule has 3 heterocycles. The van der Waals surface area contributed by atoms with Gasteiger partial charge in [0.2, 0.25) is 0 Å². The Morgan fingerprint density at radius 3 is 2.84 bits per heavy atom. The Labute approximate surface area is 108 Å². The van der Waals surface area contributed by atoms with Gasteiger partial charge < -0.3 is 5.11 Å². The van der Waals surface area contributed by atoms with E-state index >= 15 is 0 Å². The number of aromatic nitrogens is 3. The second kappa shape index (κ2) is 4.02. The van der Waals surface area contributed by atoms with Gasteiger partial charge in [-0.25, -0.2) is 22.7 Å². The highest BCUT2D eigenvalue weighted by Crippen LogP contribution is 2.32. The zero-order valence-electron chi connectivity index (χ0n) is 9.85. The molecular formula is C11H11N3O4S. The van der Waals surface area contributed by atoms with E-state index in [1.807, 2.05) is 0 Å². The zero-order chi connectivity index (χ0) is 13.6. The fraction of sp³-hybridized carbons (Fsp3) is 0.364. The molecule has 1 atom stereocenters. The number of carboxylic acid groups (broad SMARTS) is 1. The molecule has 2 aromatic heterocycles. The SMILES string of the molecule is O=C(O)c1ccc2nc(C3CCCS3(=O)=O)nn2c1. The first kappa shape index (κ1) is 12.1. The van der Waals surface area contributed by atoms with Crippen molar-refractivity contribution >= 4 is 21.5 Å². The topological polar surface area (TPSA) is 102 Å². The highest BCUT2D eigenvalue weighted by Gasteiger charge is 2.35. The molecular weight excluding hydrogens is 270 g/mol. The van der Waals surface area contributed by atoms with Crippen LogP contribution < -0.4 is 0 Å². The number of sulfone groups is 1. The predicted octanol–water partition coefficient (Wildman–Crippen LogP) is 0.677. The third-order valence-electron chi connectivity index (χ3n) is 3.21. The fourth-order valence-electron chi connectivity index (χ4n) is 2.24. The van der Waals surface area contributed by atoms with Crippen molar-refractivity contribution in [1.29, 1.82) is 0 Å². The Kier molecular flexibility index (Phi) is 2.56. The van der Waals surface area contributed by atoms with Crippen molar-refractivity contribution in [2.45, 2.75) is 18.1 Å². The van der Waals surface area contributed by atoms with E-state index in [-0.39, 0.29) is 17.1 Å². The molecule has 0 saturated carbocycles. The molecule has 1 N–H and O–H groups in total. The average molecular weight is 281 g/mol. The van der Waals surface area contributed by atoms with Crippen LogP contribution in [0, 0.1) is 0 Å². The van der Waals surface area contributed by atoms with Crippen LogP contribution in [-0.4, -0.2) is 39.8 Å². The summed E-state index contributed by atoms with van der Waals surface area (Å²) >= 11 is 0. The molecule has 0 spiro atoms. The van der Waals surface area contributed by atoms with Crippen molar-refractivity contribution in [3.05, 3.63) is 29.7 Å². The molecule has 8 heteroatoms. The summed E-state index contributed by atoms with van der Waals surface area (Å²) in [7, 11) is -3.17. The first-order valence-corrected chi connectivity index (χ1v) is 7.50. The van der Waals surface area contributed by atoms with Crippen LogP contribution in [0.3, 0.4) is 0 Å². The standard InChI is InChI=1S/C11H11N3O4S/c15-11(16)7-3-4-9-12-10(13-14(9)6-7)8-2-1-5-19(8,17)18/h3-4,6,8H,1-2,5H2,(H,15,16). The minimum atomic E-state index is -3.17. The van der Waals surface area contributed by atoms with Crippen molar-refractivity contribution in [1.82, 2.24) is 14.6 Å². The molecule has 2 aromatic rings. The maximum absolute atomic E-state index is 11.8. The van der Waals surface area contributed by atoms with Crippen molar-refractivity contribution in [2.24, 2.45) is 0 Å². The number of pyridine rings is 1. The summed E-state index contributed by atoms with van der Waals surface area (Å²) in [5.74, 6) is -0.652. The monoisotopic (exact) mass is 281 g/mol. The van der Waals surface area contributed by atoms with Gasteiger partial charge in [0, 0.05) is 6.20 Å². The van der Waals surface area contributed by atoms with Gasteiger partial charge in [0.25, 0.3) is 0 Å². The van der Waals surface area contributed by atoms with E-state index in [1.165, 1.54) is 22.8 Å². The molecule has 0 aliphatic carbocycles. The van der Waals surface area contributed by atoms with Gasteiger partial charge in [0.15, 0.2) is 21.3 Å². The number of carbonyl (C=O) groups is 1. The highest BCUT2D eigenvalue weighted by molar-refractivity contribution is 7.91. The number of nitrogens with zero attached hydrogens (tertiary/aromatic N) is 3. The summed E-state index contributed by atoms with van der Waals surface area (Å²) in [5.41, 5.74) is 0.528. The number of carboxylic acids is 1. The lowest BCUT2D eigenvalue weighted by Gasteiger charge is -2.02. The molecule has 1 unspecified atom stereocenters. The van der Waals surface area contributed by atoms with Gasteiger partial charge >= 0.3 is 5.97 Å². The normalized spacial score (nSPS) is 21.8. The fourth-order valence-corrected chi connectivity index (χ4v) is 4.05. The molecule has 1 fully saturated rings. The highest BCUT2D eigenvalue weighted by atomic mass is 32.2. The van der Waals surface area contributed by atoms with E-state index in [0.717, 1.165) is 0 Å². The van der Waals surface area contributed by atoms with Crippen LogP contribution in [0.4, 0.5) is 0 Å². The largest absolute Gasteiger partial charge is 0.478 e. The van der Waals surface area contributed by atoms with E-state index in [9.17, 15) is 13.2 Å². The van der Waals surface area contributed by atoms with Gasteiger partial charge in [0.1, 0.15) is 5.25 Å². The third-order valence-corrected chi connectivity index (χ3v) is 5.38. The summed E-state index contributed by atoms with van der Waals surface area (Å²) in [5, 5.41) is 12.3. The minimum absolute atomic E-state index is 0.0817. The third kappa shape index (κ3) is 1.97. The summed E-state index contributed by atoms with van der Waals surface area (Å²) in [4.78, 5) is 15.0. The Balaban J connectivity index is 2.09. The molecule has 19 heavy (non-hydrogen) atoms. The van der Waals surface area contributed by atoms with E-state index in [4.69, 9.17) is 5.11 Å². The zero-order valence-corrected chi connectivity index (χ0v) is 10.7. The first-order chi connectivity index (χ1) is 8.97. The molecule has 0 bridgehead atoms. The molecule has 0 amide bonds. The first-order valence-electron chi connectivity index (χ1n) is 5.78. The second-order valence-electron chi connectivity index (χ2n) is 4.49. The predicted molar refractivity (Wildman–Crippen MR) is 65.7 cm³/mol. The van der Waals surface area contributed by atoms with E-state index in [0.29, 0.717) is 18.5 Å². The minimum Gasteiger partial charge on any atom is -0.478 e. The van der Waals surface area contributed by atoms with Crippen LogP contribution in [0.2, 0.25) is 0 Å². The van der Waals surface area contributed by atoms with Crippen LogP contribution in [-0.2, 0) is 9.84 Å². The quantitative estimate of drug-likeness (QED) is 0.868. The molecule has 0 aromatic carbocycles. The Morgan fingerprint density at radius 2 is 2.21 bits per heavy atom. The molecule has 7 nitrogen and oxygen atoms in total. The number of fused-ring (bicyclic) bond motifs is 1. The van der Waals surface area contributed by atoms with Crippen molar-refractivity contribution in [3.8, 4) is 0 Å². The van der Waals surface area contributed by atoms with Crippen LogP contribution in [0.5, 0.6) is 0 Å².